The summed E-state index contributed by atoms with van der Waals surface area (Å²) in [4.78, 5) is 33.8. The number of amides is 2. The number of hydrogen-bond acceptors (Lipinski definition) is 6. The fourth-order valence-electron chi connectivity index (χ4n) is 4.62. The molecule has 1 spiro atoms. The maximum atomic E-state index is 12.8. The van der Waals surface area contributed by atoms with Crippen LogP contribution in [-0.4, -0.2) is 63.5 Å². The highest BCUT2D eigenvalue weighted by Gasteiger charge is 2.48. The Bertz CT molecular complexity index is 765. The number of nitrogens with zero attached hydrogens (tertiary/aromatic N) is 4. The molecule has 8 nitrogen and oxygen atoms in total. The first-order valence-electron chi connectivity index (χ1n) is 11.2. The van der Waals surface area contributed by atoms with Crippen LogP contribution in [0.4, 0.5) is 0 Å². The number of piperidine rings is 1. The summed E-state index contributed by atoms with van der Waals surface area (Å²) < 4.78 is 5.51. The van der Waals surface area contributed by atoms with Crippen LogP contribution in [-0.2, 0) is 9.59 Å². The monoisotopic (exact) mass is 419 g/mol. The first-order valence-corrected chi connectivity index (χ1v) is 11.2. The maximum absolute atomic E-state index is 12.8. The highest BCUT2D eigenvalue weighted by molar-refractivity contribution is 5.79. The minimum Gasteiger partial charge on any atom is -0.350 e. The van der Waals surface area contributed by atoms with E-state index in [0.717, 1.165) is 45.3 Å². The number of carbonyl (C=O) groups excluding carboxylic acids is 2. The molecule has 2 fully saturated rings. The van der Waals surface area contributed by atoms with E-state index >= 15 is 0 Å². The third-order valence-electron chi connectivity index (χ3n) is 6.77. The van der Waals surface area contributed by atoms with Gasteiger partial charge < -0.3 is 14.7 Å². The third kappa shape index (κ3) is 5.02. The summed E-state index contributed by atoms with van der Waals surface area (Å²) in [5, 5.41) is 7.11. The van der Waals surface area contributed by atoms with Crippen molar-refractivity contribution in [2.75, 3.05) is 26.2 Å². The highest BCUT2D eigenvalue weighted by Crippen LogP contribution is 2.48. The summed E-state index contributed by atoms with van der Waals surface area (Å²) >= 11 is 0. The fraction of sp³-hybridized carbons (Fsp3) is 0.818. The molecule has 1 aromatic heterocycles. The molecule has 2 amide bonds. The lowest BCUT2D eigenvalue weighted by molar-refractivity contribution is -0.136. The summed E-state index contributed by atoms with van der Waals surface area (Å²) in [5.74, 6) is 1.48. The Morgan fingerprint density at radius 1 is 1.30 bits per heavy atom. The second kappa shape index (κ2) is 8.65. The smallest absolute Gasteiger partial charge is 0.244 e. The van der Waals surface area contributed by atoms with Gasteiger partial charge in [-0.1, -0.05) is 25.9 Å². The molecule has 30 heavy (non-hydrogen) atoms. The topological polar surface area (TPSA) is 91.6 Å². The van der Waals surface area contributed by atoms with Crippen LogP contribution in [0.3, 0.4) is 0 Å². The zero-order chi connectivity index (χ0) is 22.1. The molecule has 0 radical (unpaired) electrons. The van der Waals surface area contributed by atoms with Crippen molar-refractivity contribution in [1.29, 1.82) is 0 Å². The van der Waals surface area contributed by atoms with Crippen molar-refractivity contribution in [3.63, 3.8) is 0 Å². The minimum absolute atomic E-state index is 0.0209. The molecule has 8 heteroatoms. The van der Waals surface area contributed by atoms with Gasteiger partial charge in [-0.05, 0) is 51.9 Å². The van der Waals surface area contributed by atoms with Gasteiger partial charge in [-0.3, -0.25) is 14.5 Å². The van der Waals surface area contributed by atoms with Gasteiger partial charge in [0.2, 0.25) is 17.7 Å². The minimum atomic E-state index is -0.229. The van der Waals surface area contributed by atoms with E-state index in [0.29, 0.717) is 18.3 Å². The van der Waals surface area contributed by atoms with E-state index in [2.05, 4.69) is 27.3 Å². The van der Waals surface area contributed by atoms with Crippen molar-refractivity contribution in [3.8, 4) is 0 Å². The lowest BCUT2D eigenvalue weighted by Gasteiger charge is -2.40. The van der Waals surface area contributed by atoms with Crippen molar-refractivity contribution in [1.82, 2.24) is 25.3 Å². The van der Waals surface area contributed by atoms with E-state index in [1.54, 1.807) is 0 Å². The predicted octanol–water partition coefficient (Wildman–Crippen LogP) is 2.69. The Balaban J connectivity index is 1.73. The summed E-state index contributed by atoms with van der Waals surface area (Å²) in [6.07, 6.45) is 3.62. The van der Waals surface area contributed by atoms with Gasteiger partial charge in [-0.15, -0.1) is 0 Å². The Labute approximate surface area is 179 Å². The van der Waals surface area contributed by atoms with Crippen LogP contribution in [0.2, 0.25) is 0 Å². The molecule has 2 aliphatic rings. The maximum Gasteiger partial charge on any atom is 0.244 e. The molecule has 2 aliphatic heterocycles. The van der Waals surface area contributed by atoms with Crippen molar-refractivity contribution >= 4 is 11.8 Å². The van der Waals surface area contributed by atoms with Crippen LogP contribution in [0.1, 0.15) is 78.1 Å². The van der Waals surface area contributed by atoms with E-state index in [1.807, 2.05) is 39.5 Å². The van der Waals surface area contributed by atoms with Gasteiger partial charge in [0, 0.05) is 31.1 Å². The van der Waals surface area contributed by atoms with Crippen molar-refractivity contribution < 1.29 is 14.1 Å². The number of hydrogen-bond donors (Lipinski definition) is 1. The highest BCUT2D eigenvalue weighted by atomic mass is 16.5. The summed E-state index contributed by atoms with van der Waals surface area (Å²) in [6, 6.07) is -0.0611. The number of carbonyl (C=O) groups is 2. The van der Waals surface area contributed by atoms with Gasteiger partial charge >= 0.3 is 0 Å². The van der Waals surface area contributed by atoms with E-state index in [-0.39, 0.29) is 34.7 Å². The van der Waals surface area contributed by atoms with Crippen LogP contribution >= 0.6 is 0 Å². The largest absolute Gasteiger partial charge is 0.350 e. The zero-order valence-electron chi connectivity index (χ0n) is 19.3. The molecule has 1 aromatic rings. The zero-order valence-corrected chi connectivity index (χ0v) is 19.3. The van der Waals surface area contributed by atoms with Crippen molar-refractivity contribution in [3.05, 3.63) is 11.7 Å². The Morgan fingerprint density at radius 2 is 1.97 bits per heavy atom. The molecule has 168 valence electrons. The molecular weight excluding hydrogens is 382 g/mol. The van der Waals surface area contributed by atoms with Gasteiger partial charge in [-0.25, -0.2) is 0 Å². The molecule has 0 aliphatic carbocycles. The van der Waals surface area contributed by atoms with Gasteiger partial charge in [0.25, 0.3) is 0 Å². The van der Waals surface area contributed by atoms with Crippen LogP contribution in [0.15, 0.2) is 4.52 Å². The van der Waals surface area contributed by atoms with E-state index in [9.17, 15) is 9.59 Å². The Hall–Kier alpha value is -1.96. The molecule has 1 atom stereocenters. The lowest BCUT2D eigenvalue weighted by Crippen LogP contribution is -2.48. The third-order valence-corrected chi connectivity index (χ3v) is 6.77. The van der Waals surface area contributed by atoms with E-state index in [1.165, 1.54) is 0 Å². The van der Waals surface area contributed by atoms with E-state index < -0.39 is 0 Å². The molecule has 0 bridgehead atoms. The van der Waals surface area contributed by atoms with Gasteiger partial charge in [0.1, 0.15) is 0 Å². The van der Waals surface area contributed by atoms with E-state index in [4.69, 9.17) is 4.52 Å². The Kier molecular flexibility index (Phi) is 6.55. The average Bonchev–Trinajstić information content (AvgIpc) is 3.25. The molecule has 2 saturated heterocycles. The molecule has 0 saturated carbocycles. The first-order chi connectivity index (χ1) is 14.0. The molecule has 3 heterocycles. The van der Waals surface area contributed by atoms with Crippen LogP contribution in [0.5, 0.6) is 0 Å². The standard InChI is InChI=1S/C22H37N5O3/c1-7-21(5,6)24-18(28)13-27-14-22(12-17(27)19-23-16(4)25-30-19)8-10-26(11-9-22)20(29)15(2)3/h15,17H,7-14H2,1-6H3,(H,24,28). The summed E-state index contributed by atoms with van der Waals surface area (Å²) in [6.45, 7) is 14.5. The Morgan fingerprint density at radius 3 is 2.50 bits per heavy atom. The molecular formula is C22H37N5O3. The van der Waals surface area contributed by atoms with Gasteiger partial charge in [0.05, 0.1) is 12.6 Å². The molecule has 0 aromatic carbocycles. The van der Waals surface area contributed by atoms with Crippen LogP contribution in [0, 0.1) is 18.3 Å². The van der Waals surface area contributed by atoms with Crippen LogP contribution in [0.25, 0.3) is 0 Å². The second-order valence-corrected chi connectivity index (χ2v) is 10.1. The van der Waals surface area contributed by atoms with Crippen molar-refractivity contribution in [2.24, 2.45) is 11.3 Å². The lowest BCUT2D eigenvalue weighted by atomic mass is 9.76. The molecule has 1 N–H and O–H groups in total. The van der Waals surface area contributed by atoms with Gasteiger partial charge in [-0.2, -0.15) is 4.98 Å². The first kappa shape index (κ1) is 22.7. The molecule has 3 rings (SSSR count). The summed E-state index contributed by atoms with van der Waals surface area (Å²) in [5.41, 5.74) is -0.158. The number of nitrogens with one attached hydrogen (secondary N) is 1. The predicted molar refractivity (Wildman–Crippen MR) is 114 cm³/mol. The normalized spacial score (nSPS) is 22.1. The number of aryl methyl sites for hydroxylation is 1. The molecule has 1 unspecified atom stereocenters. The second-order valence-electron chi connectivity index (χ2n) is 10.1. The number of rotatable bonds is 6. The van der Waals surface area contributed by atoms with Gasteiger partial charge in [0.15, 0.2) is 5.82 Å². The SMILES string of the molecule is CCC(C)(C)NC(=O)CN1CC2(CCN(C(=O)C(C)C)CC2)CC1c1nc(C)no1. The fourth-order valence-corrected chi connectivity index (χ4v) is 4.62. The van der Waals surface area contributed by atoms with Crippen LogP contribution < -0.4 is 5.32 Å². The number of likely N-dealkylation sites (tertiary alicyclic amines) is 2. The number of aromatic nitrogens is 2. The average molecular weight is 420 g/mol. The quantitative estimate of drug-likeness (QED) is 0.762. The summed E-state index contributed by atoms with van der Waals surface area (Å²) in [7, 11) is 0. The van der Waals surface area contributed by atoms with Crippen molar-refractivity contribution in [2.45, 2.75) is 78.8 Å².